The molecule has 2 heterocycles. The van der Waals surface area contributed by atoms with Crippen molar-refractivity contribution in [1.29, 1.82) is 0 Å². The average Bonchev–Trinajstić information content (AvgIpc) is 3.47. The predicted octanol–water partition coefficient (Wildman–Crippen LogP) is 4.87. The Morgan fingerprint density at radius 2 is 1.65 bits per heavy atom. The van der Waals surface area contributed by atoms with E-state index in [1.807, 2.05) is 6.07 Å². The molecule has 0 aliphatic rings. The van der Waals surface area contributed by atoms with Gasteiger partial charge in [-0.3, -0.25) is 4.79 Å². The highest BCUT2D eigenvalue weighted by molar-refractivity contribution is 6.07. The van der Waals surface area contributed by atoms with E-state index < -0.39 is 5.63 Å². The Kier molecular flexibility index (Phi) is 7.58. The molecule has 0 saturated heterocycles. The number of carbonyl (C=O) groups excluding carboxylic acids is 1. The molecule has 0 fully saturated rings. The second kappa shape index (κ2) is 11.6. The van der Waals surface area contributed by atoms with Crippen LogP contribution in [0.3, 0.4) is 0 Å². The summed E-state index contributed by atoms with van der Waals surface area (Å²) in [6.07, 6.45) is 4.91. The number of hydrogen-bond donors (Lipinski definition) is 0. The van der Waals surface area contributed by atoms with Gasteiger partial charge >= 0.3 is 5.63 Å². The fourth-order valence-corrected chi connectivity index (χ4v) is 4.02. The molecule has 0 atom stereocenters. The first-order valence-corrected chi connectivity index (χ1v) is 12.2. The van der Waals surface area contributed by atoms with Crippen LogP contribution in [0.5, 0.6) is 23.0 Å². The molecule has 202 valence electrons. The standard InChI is InChI=1S/C30H25N3O7/c1-36-27-14-19(15-28(37-2)30(27)38-3)4-12-25(34)20-5-9-23(10-6-20)33-17-22(31-32-33)18-39-24-11-7-21-8-13-29(35)40-26(21)16-24/h4-17H,18H2,1-3H3/b12-4+. The van der Waals surface area contributed by atoms with Crippen LogP contribution in [0, 0.1) is 0 Å². The lowest BCUT2D eigenvalue weighted by atomic mass is 10.1. The number of ether oxygens (including phenoxy) is 4. The molecular weight excluding hydrogens is 514 g/mol. The Balaban J connectivity index is 1.23. The maximum absolute atomic E-state index is 12.8. The summed E-state index contributed by atoms with van der Waals surface area (Å²) in [5, 5.41) is 9.11. The summed E-state index contributed by atoms with van der Waals surface area (Å²) in [4.78, 5) is 24.2. The third-order valence-corrected chi connectivity index (χ3v) is 6.05. The number of methoxy groups -OCH3 is 3. The first-order chi connectivity index (χ1) is 19.5. The lowest BCUT2D eigenvalue weighted by Crippen LogP contribution is -1.98. The first kappa shape index (κ1) is 26.2. The van der Waals surface area contributed by atoms with Crippen LogP contribution >= 0.6 is 0 Å². The normalized spacial score (nSPS) is 11.1. The van der Waals surface area contributed by atoms with Crippen LogP contribution in [0.15, 0.2) is 88.2 Å². The van der Waals surface area contributed by atoms with Gasteiger partial charge in [-0.15, -0.1) is 5.10 Å². The van der Waals surface area contributed by atoms with Crippen molar-refractivity contribution >= 4 is 22.8 Å². The lowest BCUT2D eigenvalue weighted by Gasteiger charge is -2.12. The van der Waals surface area contributed by atoms with Crippen molar-refractivity contribution in [2.24, 2.45) is 0 Å². The van der Waals surface area contributed by atoms with Crippen LogP contribution < -0.4 is 24.6 Å². The fraction of sp³-hybridized carbons (Fsp3) is 0.133. The molecule has 10 heteroatoms. The number of aromatic nitrogens is 3. The van der Waals surface area contributed by atoms with Crippen molar-refractivity contribution < 1.29 is 28.2 Å². The molecule has 3 aromatic carbocycles. The van der Waals surface area contributed by atoms with Gasteiger partial charge in [0.05, 0.1) is 33.2 Å². The smallest absolute Gasteiger partial charge is 0.336 e. The Hall–Kier alpha value is -5.38. The average molecular weight is 540 g/mol. The number of benzene rings is 3. The van der Waals surface area contributed by atoms with Crippen molar-refractivity contribution in [3.8, 4) is 28.7 Å². The first-order valence-electron chi connectivity index (χ1n) is 12.2. The van der Waals surface area contributed by atoms with Gasteiger partial charge < -0.3 is 23.4 Å². The zero-order chi connectivity index (χ0) is 28.1. The SMILES string of the molecule is COc1cc(/C=C/C(=O)c2ccc(-n3cc(COc4ccc5ccc(=O)oc5c4)nn3)cc2)cc(OC)c1OC. The quantitative estimate of drug-likeness (QED) is 0.139. The molecule has 0 unspecified atom stereocenters. The van der Waals surface area contributed by atoms with Crippen molar-refractivity contribution in [1.82, 2.24) is 15.0 Å². The van der Waals surface area contributed by atoms with Crippen LogP contribution in [0.25, 0.3) is 22.7 Å². The van der Waals surface area contributed by atoms with Crippen molar-refractivity contribution in [3.05, 3.63) is 106 Å². The molecule has 0 saturated carbocycles. The minimum Gasteiger partial charge on any atom is -0.493 e. The molecule has 0 aliphatic heterocycles. The van der Waals surface area contributed by atoms with E-state index >= 15 is 0 Å². The monoisotopic (exact) mass is 539 g/mol. The Bertz CT molecular complexity index is 1730. The van der Waals surface area contributed by atoms with E-state index in [1.54, 1.807) is 71.6 Å². The van der Waals surface area contributed by atoms with Gasteiger partial charge in [-0.05, 0) is 66.2 Å². The molecule has 0 amide bonds. The summed E-state index contributed by atoms with van der Waals surface area (Å²) in [5.41, 5.74) is 2.60. The van der Waals surface area contributed by atoms with Gasteiger partial charge in [-0.25, -0.2) is 9.48 Å². The van der Waals surface area contributed by atoms with E-state index in [0.29, 0.717) is 39.8 Å². The molecule has 40 heavy (non-hydrogen) atoms. The third kappa shape index (κ3) is 5.70. The second-order valence-corrected chi connectivity index (χ2v) is 8.60. The predicted molar refractivity (Wildman–Crippen MR) is 148 cm³/mol. The van der Waals surface area contributed by atoms with Crippen LogP contribution in [-0.2, 0) is 6.61 Å². The fourth-order valence-electron chi connectivity index (χ4n) is 4.02. The van der Waals surface area contributed by atoms with Crippen molar-refractivity contribution in [3.63, 3.8) is 0 Å². The Labute approximate surface area is 229 Å². The van der Waals surface area contributed by atoms with Crippen molar-refractivity contribution in [2.75, 3.05) is 21.3 Å². The Morgan fingerprint density at radius 1 is 0.925 bits per heavy atom. The van der Waals surface area contributed by atoms with Crippen LogP contribution in [0.1, 0.15) is 21.6 Å². The molecule has 0 spiro atoms. The number of hydrogen-bond acceptors (Lipinski definition) is 9. The highest BCUT2D eigenvalue weighted by Crippen LogP contribution is 2.38. The van der Waals surface area contributed by atoms with E-state index in [1.165, 1.54) is 33.5 Å². The van der Waals surface area contributed by atoms with Gasteiger partial charge in [0.15, 0.2) is 17.3 Å². The minimum atomic E-state index is -0.421. The number of rotatable bonds is 10. The molecule has 5 aromatic rings. The molecule has 5 rings (SSSR count). The van der Waals surface area contributed by atoms with Gasteiger partial charge in [0.2, 0.25) is 5.75 Å². The minimum absolute atomic E-state index is 0.167. The molecule has 0 bridgehead atoms. The van der Waals surface area contributed by atoms with Gasteiger partial charge in [0.25, 0.3) is 0 Å². The number of carbonyl (C=O) groups is 1. The molecular formula is C30H25N3O7. The summed E-state index contributed by atoms with van der Waals surface area (Å²) >= 11 is 0. The van der Waals surface area contributed by atoms with E-state index in [-0.39, 0.29) is 12.4 Å². The second-order valence-electron chi connectivity index (χ2n) is 8.60. The zero-order valence-corrected chi connectivity index (χ0v) is 22.0. The maximum atomic E-state index is 12.8. The summed E-state index contributed by atoms with van der Waals surface area (Å²) in [6, 6.07) is 18.9. The third-order valence-electron chi connectivity index (χ3n) is 6.05. The van der Waals surface area contributed by atoms with Crippen LogP contribution in [0.2, 0.25) is 0 Å². The number of ketones is 1. The van der Waals surface area contributed by atoms with Crippen molar-refractivity contribution in [2.45, 2.75) is 6.61 Å². The van der Waals surface area contributed by atoms with E-state index in [9.17, 15) is 9.59 Å². The summed E-state index contributed by atoms with van der Waals surface area (Å²) < 4.78 is 28.7. The summed E-state index contributed by atoms with van der Waals surface area (Å²) in [7, 11) is 4.61. The zero-order valence-electron chi connectivity index (χ0n) is 22.0. The summed E-state index contributed by atoms with van der Waals surface area (Å²) in [5.74, 6) is 1.86. The number of fused-ring (bicyclic) bond motifs is 1. The van der Waals surface area contributed by atoms with E-state index in [0.717, 1.165) is 16.6 Å². The number of allylic oxidation sites excluding steroid dienone is 1. The molecule has 0 N–H and O–H groups in total. The molecule has 0 radical (unpaired) electrons. The summed E-state index contributed by atoms with van der Waals surface area (Å²) in [6.45, 7) is 0.171. The molecule has 10 nitrogen and oxygen atoms in total. The van der Waals surface area contributed by atoms with Crippen LogP contribution in [-0.4, -0.2) is 42.1 Å². The molecule has 2 aromatic heterocycles. The van der Waals surface area contributed by atoms with Gasteiger partial charge in [0, 0.05) is 23.1 Å². The van der Waals surface area contributed by atoms with Gasteiger partial charge in [-0.1, -0.05) is 11.3 Å². The topological polar surface area (TPSA) is 115 Å². The highest BCUT2D eigenvalue weighted by atomic mass is 16.5. The largest absolute Gasteiger partial charge is 0.493 e. The molecule has 0 aliphatic carbocycles. The lowest BCUT2D eigenvalue weighted by molar-refractivity contribution is 0.104. The highest BCUT2D eigenvalue weighted by Gasteiger charge is 2.13. The van der Waals surface area contributed by atoms with Crippen LogP contribution in [0.4, 0.5) is 0 Å². The maximum Gasteiger partial charge on any atom is 0.336 e. The van der Waals surface area contributed by atoms with Gasteiger partial charge in [-0.2, -0.15) is 0 Å². The number of nitrogens with zero attached hydrogens (tertiary/aromatic N) is 3. The van der Waals surface area contributed by atoms with Gasteiger partial charge in [0.1, 0.15) is 23.6 Å². The Morgan fingerprint density at radius 3 is 2.35 bits per heavy atom. The van der Waals surface area contributed by atoms with E-state index in [2.05, 4.69) is 10.3 Å². The van der Waals surface area contributed by atoms with E-state index in [4.69, 9.17) is 23.4 Å².